The zero-order chi connectivity index (χ0) is 21.1. The molecule has 152 valence electrons. The number of pyridine rings is 1. The van der Waals surface area contributed by atoms with E-state index in [1.165, 1.54) is 24.0 Å². The van der Waals surface area contributed by atoms with Crippen molar-refractivity contribution in [2.45, 2.75) is 25.5 Å². The van der Waals surface area contributed by atoms with Crippen molar-refractivity contribution in [2.75, 3.05) is 19.0 Å². The number of carboxylic acids is 1. The molecule has 3 N–H and O–H groups in total. The Hall–Kier alpha value is -3.46. The lowest BCUT2D eigenvalue weighted by Crippen LogP contribution is -2.42. The Bertz CT molecular complexity index is 998. The Kier molecular flexibility index (Phi) is 5.79. The van der Waals surface area contributed by atoms with Gasteiger partial charge in [-0.3, -0.25) is 14.4 Å². The van der Waals surface area contributed by atoms with Crippen LogP contribution in [0.15, 0.2) is 41.2 Å². The fourth-order valence-electron chi connectivity index (χ4n) is 3.33. The van der Waals surface area contributed by atoms with Gasteiger partial charge in [0.1, 0.15) is 11.6 Å². The maximum Gasteiger partial charge on any atom is 0.341 e. The minimum Gasteiger partial charge on any atom is -0.477 e. The van der Waals surface area contributed by atoms with E-state index in [4.69, 9.17) is 9.84 Å². The van der Waals surface area contributed by atoms with Crippen molar-refractivity contribution >= 4 is 23.5 Å². The molecular formula is C20H21N3O6. The molecule has 2 amide bonds. The van der Waals surface area contributed by atoms with E-state index < -0.39 is 17.6 Å². The molecule has 1 aliphatic heterocycles. The fourth-order valence-corrected chi connectivity index (χ4v) is 3.33. The first kappa shape index (κ1) is 20.3. The number of aromatic nitrogens is 1. The Labute approximate surface area is 166 Å². The lowest BCUT2D eigenvalue weighted by atomic mass is 10.1. The number of amides is 2. The largest absolute Gasteiger partial charge is 0.477 e. The highest BCUT2D eigenvalue weighted by Gasteiger charge is 2.38. The summed E-state index contributed by atoms with van der Waals surface area (Å²) in [6.07, 6.45) is 0.250. The van der Waals surface area contributed by atoms with E-state index in [9.17, 15) is 19.2 Å². The second kappa shape index (κ2) is 8.27. The predicted octanol–water partition coefficient (Wildman–Crippen LogP) is 1.31. The van der Waals surface area contributed by atoms with Gasteiger partial charge in [0.05, 0.1) is 6.10 Å². The van der Waals surface area contributed by atoms with E-state index >= 15 is 0 Å². The van der Waals surface area contributed by atoms with Crippen LogP contribution in [-0.2, 0) is 14.3 Å². The average molecular weight is 399 g/mol. The predicted molar refractivity (Wildman–Crippen MR) is 105 cm³/mol. The van der Waals surface area contributed by atoms with Crippen LogP contribution in [0.25, 0.3) is 11.3 Å². The number of aromatic carboxylic acids is 1. The molecule has 1 aromatic carbocycles. The van der Waals surface area contributed by atoms with Gasteiger partial charge in [0.2, 0.25) is 11.8 Å². The number of nitrogens with zero attached hydrogens (tertiary/aromatic N) is 1. The van der Waals surface area contributed by atoms with Crippen molar-refractivity contribution in [3.05, 3.63) is 52.3 Å². The summed E-state index contributed by atoms with van der Waals surface area (Å²) >= 11 is 0. The smallest absolute Gasteiger partial charge is 0.341 e. The molecule has 2 aromatic rings. The first-order chi connectivity index (χ1) is 13.8. The van der Waals surface area contributed by atoms with E-state index in [2.05, 4.69) is 10.3 Å². The summed E-state index contributed by atoms with van der Waals surface area (Å²) in [5.41, 5.74) is 0.624. The van der Waals surface area contributed by atoms with Crippen LogP contribution >= 0.6 is 0 Å². The first-order valence-corrected chi connectivity index (χ1v) is 8.98. The molecule has 0 radical (unpaired) electrons. The Morgan fingerprint density at radius 2 is 1.86 bits per heavy atom. The standard InChI is InChI=1S/C20H21N3O6/c1-11(24)23-10-14(29-2)9-17(23)19(26)21-13-5-3-12(4-6-13)16-8-7-15(20(27)28)18(25)22-16/h3-8,14,17H,9-10H2,1-2H3,(H,21,26)(H,22,25)(H,27,28)/t14?,17-/m1/s1. The minimum atomic E-state index is -1.29. The number of aromatic amines is 1. The van der Waals surface area contributed by atoms with Crippen LogP contribution < -0.4 is 10.9 Å². The van der Waals surface area contributed by atoms with E-state index in [-0.39, 0.29) is 23.5 Å². The molecule has 1 fully saturated rings. The summed E-state index contributed by atoms with van der Waals surface area (Å²) in [6, 6.07) is 8.86. The summed E-state index contributed by atoms with van der Waals surface area (Å²) in [5.74, 6) is -1.78. The lowest BCUT2D eigenvalue weighted by molar-refractivity contribution is -0.134. The molecule has 3 rings (SSSR count). The number of methoxy groups -OCH3 is 1. The van der Waals surface area contributed by atoms with Crippen molar-refractivity contribution in [3.63, 3.8) is 0 Å². The average Bonchev–Trinajstić information content (AvgIpc) is 3.13. The van der Waals surface area contributed by atoms with Gasteiger partial charge < -0.3 is 25.0 Å². The number of carboxylic acid groups (broad SMARTS) is 1. The van der Waals surface area contributed by atoms with Gasteiger partial charge in [-0.05, 0) is 29.8 Å². The highest BCUT2D eigenvalue weighted by molar-refractivity contribution is 5.97. The summed E-state index contributed by atoms with van der Waals surface area (Å²) in [6.45, 7) is 1.80. The number of ether oxygens (including phenoxy) is 1. The third kappa shape index (κ3) is 4.35. The maximum atomic E-state index is 12.6. The molecule has 2 heterocycles. The number of carbonyl (C=O) groups is 3. The number of nitrogens with one attached hydrogen (secondary N) is 2. The zero-order valence-electron chi connectivity index (χ0n) is 16.0. The number of H-pyrrole nitrogens is 1. The van der Waals surface area contributed by atoms with Gasteiger partial charge >= 0.3 is 5.97 Å². The van der Waals surface area contributed by atoms with Gasteiger partial charge in [0, 0.05) is 38.4 Å². The normalized spacial score (nSPS) is 18.5. The molecule has 1 saturated heterocycles. The van der Waals surface area contributed by atoms with Crippen LogP contribution in [0, 0.1) is 0 Å². The molecular weight excluding hydrogens is 378 g/mol. The summed E-state index contributed by atoms with van der Waals surface area (Å²) in [4.78, 5) is 51.2. The Morgan fingerprint density at radius 3 is 2.41 bits per heavy atom. The molecule has 1 aromatic heterocycles. The number of likely N-dealkylation sites (tertiary alicyclic amines) is 1. The fraction of sp³-hybridized carbons (Fsp3) is 0.300. The van der Waals surface area contributed by atoms with Crippen molar-refractivity contribution in [2.24, 2.45) is 0 Å². The lowest BCUT2D eigenvalue weighted by Gasteiger charge is -2.22. The van der Waals surface area contributed by atoms with Crippen molar-refractivity contribution in [1.82, 2.24) is 9.88 Å². The zero-order valence-corrected chi connectivity index (χ0v) is 16.0. The van der Waals surface area contributed by atoms with Gasteiger partial charge in [0.15, 0.2) is 0 Å². The van der Waals surface area contributed by atoms with Gasteiger partial charge in [-0.2, -0.15) is 0 Å². The maximum absolute atomic E-state index is 12.6. The molecule has 0 saturated carbocycles. The van der Waals surface area contributed by atoms with E-state index in [0.717, 1.165) is 0 Å². The molecule has 1 unspecified atom stereocenters. The monoisotopic (exact) mass is 399 g/mol. The van der Waals surface area contributed by atoms with Crippen molar-refractivity contribution in [1.29, 1.82) is 0 Å². The number of hydrogen-bond donors (Lipinski definition) is 3. The van der Waals surface area contributed by atoms with E-state index in [0.29, 0.717) is 29.9 Å². The van der Waals surface area contributed by atoms with Gasteiger partial charge in [-0.1, -0.05) is 12.1 Å². The molecule has 9 heteroatoms. The van der Waals surface area contributed by atoms with Crippen LogP contribution in [0.2, 0.25) is 0 Å². The van der Waals surface area contributed by atoms with Crippen LogP contribution in [0.1, 0.15) is 23.7 Å². The molecule has 0 bridgehead atoms. The highest BCUT2D eigenvalue weighted by atomic mass is 16.5. The van der Waals surface area contributed by atoms with Gasteiger partial charge in [-0.25, -0.2) is 4.79 Å². The third-order valence-corrected chi connectivity index (χ3v) is 4.91. The molecule has 1 aliphatic rings. The molecule has 0 spiro atoms. The molecule has 29 heavy (non-hydrogen) atoms. The molecule has 9 nitrogen and oxygen atoms in total. The van der Waals surface area contributed by atoms with Gasteiger partial charge in [0.25, 0.3) is 5.56 Å². The van der Waals surface area contributed by atoms with Crippen LogP contribution in [0.5, 0.6) is 0 Å². The van der Waals surface area contributed by atoms with Crippen molar-refractivity contribution in [3.8, 4) is 11.3 Å². The quantitative estimate of drug-likeness (QED) is 0.695. The third-order valence-electron chi connectivity index (χ3n) is 4.91. The van der Waals surface area contributed by atoms with E-state index in [1.54, 1.807) is 31.4 Å². The van der Waals surface area contributed by atoms with Gasteiger partial charge in [-0.15, -0.1) is 0 Å². The second-order valence-electron chi connectivity index (χ2n) is 6.77. The van der Waals surface area contributed by atoms with Crippen LogP contribution in [-0.4, -0.2) is 58.6 Å². The SMILES string of the molecule is COC1C[C@H](C(=O)Nc2ccc(-c3ccc(C(=O)O)c(=O)[nH]3)cc2)N(C(C)=O)C1. The molecule has 2 atom stereocenters. The number of hydrogen-bond acceptors (Lipinski definition) is 5. The highest BCUT2D eigenvalue weighted by Crippen LogP contribution is 2.23. The van der Waals surface area contributed by atoms with Crippen LogP contribution in [0.3, 0.4) is 0 Å². The number of benzene rings is 1. The number of rotatable bonds is 5. The summed E-state index contributed by atoms with van der Waals surface area (Å²) in [7, 11) is 1.55. The second-order valence-corrected chi connectivity index (χ2v) is 6.77. The Morgan fingerprint density at radius 1 is 1.17 bits per heavy atom. The number of anilines is 1. The number of carbonyl (C=O) groups excluding carboxylic acids is 2. The topological polar surface area (TPSA) is 129 Å². The van der Waals surface area contributed by atoms with Crippen LogP contribution in [0.4, 0.5) is 5.69 Å². The Balaban J connectivity index is 1.73. The first-order valence-electron chi connectivity index (χ1n) is 8.98. The summed E-state index contributed by atoms with van der Waals surface area (Å²) in [5, 5.41) is 11.7. The van der Waals surface area contributed by atoms with Crippen molar-refractivity contribution < 1.29 is 24.2 Å². The molecule has 0 aliphatic carbocycles. The van der Waals surface area contributed by atoms with E-state index in [1.807, 2.05) is 0 Å². The minimum absolute atomic E-state index is 0.178. The summed E-state index contributed by atoms with van der Waals surface area (Å²) < 4.78 is 5.28.